The minimum Gasteiger partial charge on any atom is -0.489 e. The van der Waals surface area contributed by atoms with Gasteiger partial charge in [0.25, 0.3) is 0 Å². The number of ether oxygens (including phenoxy) is 2. The lowest BCUT2D eigenvalue weighted by molar-refractivity contribution is -0.137. The number of allylic oxidation sites excluding steroid dienone is 2. The summed E-state index contributed by atoms with van der Waals surface area (Å²) in [4.78, 5) is 30.9. The van der Waals surface area contributed by atoms with Crippen LogP contribution in [0.25, 0.3) is 0 Å². The summed E-state index contributed by atoms with van der Waals surface area (Å²) in [6.07, 6.45) is 3.14. The topological polar surface area (TPSA) is 101 Å². The molecule has 29 heavy (non-hydrogen) atoms. The van der Waals surface area contributed by atoms with Crippen molar-refractivity contribution in [3.05, 3.63) is 22.6 Å². The molecule has 0 aromatic rings. The summed E-state index contributed by atoms with van der Waals surface area (Å²) in [5.41, 5.74) is 0.221. The van der Waals surface area contributed by atoms with Gasteiger partial charge in [-0.3, -0.25) is 9.59 Å². The Morgan fingerprint density at radius 2 is 2.10 bits per heavy atom. The summed E-state index contributed by atoms with van der Waals surface area (Å²) in [5.74, 6) is -0.901. The number of methoxy groups -OCH3 is 1. The summed E-state index contributed by atoms with van der Waals surface area (Å²) in [7, 11) is 3.69. The van der Waals surface area contributed by atoms with Gasteiger partial charge in [-0.25, -0.2) is 0 Å². The lowest BCUT2D eigenvalue weighted by atomic mass is 9.83. The summed E-state index contributed by atoms with van der Waals surface area (Å²) in [5, 5.41) is 13.5. The minimum atomic E-state index is -0.877. The van der Waals surface area contributed by atoms with Gasteiger partial charge in [-0.15, -0.1) is 0 Å². The number of ketones is 2. The van der Waals surface area contributed by atoms with E-state index >= 15 is 0 Å². The number of rotatable bonds is 6. The highest BCUT2D eigenvalue weighted by atomic mass is 16.5. The predicted octanol–water partition coefficient (Wildman–Crippen LogP) is -0.212. The maximum Gasteiger partial charge on any atom is 0.226 e. The fraction of sp³-hybridized carbons (Fsp3) is 0.714. The maximum atomic E-state index is 13.4. The van der Waals surface area contributed by atoms with Gasteiger partial charge in [0.1, 0.15) is 0 Å². The Morgan fingerprint density at radius 1 is 1.31 bits per heavy atom. The molecule has 8 heteroatoms. The molecule has 0 spiro atoms. The molecule has 3 fully saturated rings. The van der Waals surface area contributed by atoms with Crippen molar-refractivity contribution in [3.63, 3.8) is 0 Å². The number of hydrogen-bond donors (Lipinski definition) is 2. The third-order valence-corrected chi connectivity index (χ3v) is 7.53. The zero-order valence-corrected chi connectivity index (χ0v) is 17.2. The number of hydrogen-bond acceptors (Lipinski definition) is 8. The molecule has 4 aliphatic heterocycles. The quantitative estimate of drug-likeness (QED) is 0.464. The molecule has 0 amide bonds. The standard InChI is InChI=1S/C21H29N3O5/c1-11-17(26)16-15(13(10-25)21(28-3)20-14(22-20)9-24(16)21)18(27)19(11)29-8-6-12-5-4-7-23(12)2/h12-14,20,22,25H,4-10H2,1-3H3. The zero-order chi connectivity index (χ0) is 20.5. The summed E-state index contributed by atoms with van der Waals surface area (Å²) in [6.45, 7) is 3.50. The molecule has 0 saturated carbocycles. The maximum absolute atomic E-state index is 13.4. The molecule has 4 heterocycles. The molecule has 2 N–H and O–H groups in total. The second-order valence-electron chi connectivity index (χ2n) is 8.84. The molecule has 0 aromatic carbocycles. The van der Waals surface area contributed by atoms with E-state index in [4.69, 9.17) is 9.47 Å². The number of nitrogens with one attached hydrogen (secondary N) is 1. The SMILES string of the molecule is COC12C(CO)C3=C(C(=O)C(C)=C(OCCC4CCCN4C)C3=O)N1CC1NC12. The number of aliphatic hydroxyl groups is 1. The van der Waals surface area contributed by atoms with Crippen molar-refractivity contribution in [2.45, 2.75) is 50.0 Å². The highest BCUT2D eigenvalue weighted by Crippen LogP contribution is 2.55. The van der Waals surface area contributed by atoms with Gasteiger partial charge in [0.15, 0.2) is 11.5 Å². The first-order chi connectivity index (χ1) is 14.0. The normalized spacial score (nSPS) is 38.7. The van der Waals surface area contributed by atoms with Crippen LogP contribution in [0.5, 0.6) is 0 Å². The number of Topliss-reactive ketones (excluding diaryl/α,β-unsaturated/α-hetero) is 2. The van der Waals surface area contributed by atoms with E-state index in [1.807, 2.05) is 4.90 Å². The van der Waals surface area contributed by atoms with E-state index in [9.17, 15) is 14.7 Å². The average molecular weight is 403 g/mol. The van der Waals surface area contributed by atoms with E-state index in [2.05, 4.69) is 17.3 Å². The highest BCUT2D eigenvalue weighted by Gasteiger charge is 2.72. The Balaban J connectivity index is 1.40. The summed E-state index contributed by atoms with van der Waals surface area (Å²) < 4.78 is 11.8. The van der Waals surface area contributed by atoms with Crippen molar-refractivity contribution < 1.29 is 24.2 Å². The van der Waals surface area contributed by atoms with Crippen molar-refractivity contribution in [3.8, 4) is 0 Å². The Bertz CT molecular complexity index is 836. The summed E-state index contributed by atoms with van der Waals surface area (Å²) >= 11 is 0. The van der Waals surface area contributed by atoms with Crippen LogP contribution in [0.15, 0.2) is 22.6 Å². The first-order valence-corrected chi connectivity index (χ1v) is 10.5. The average Bonchev–Trinajstić information content (AvgIpc) is 3.11. The van der Waals surface area contributed by atoms with Gasteiger partial charge in [0.2, 0.25) is 11.6 Å². The highest BCUT2D eigenvalue weighted by molar-refractivity contribution is 6.25. The van der Waals surface area contributed by atoms with Gasteiger partial charge in [-0.05, 0) is 39.8 Å². The molecule has 5 rings (SSSR count). The molecule has 0 aromatic heterocycles. The third-order valence-electron chi connectivity index (χ3n) is 7.53. The Hall–Kier alpha value is -1.74. The molecule has 3 saturated heterocycles. The smallest absolute Gasteiger partial charge is 0.226 e. The molecule has 5 aliphatic rings. The van der Waals surface area contributed by atoms with E-state index < -0.39 is 11.6 Å². The lowest BCUT2D eigenvalue weighted by Gasteiger charge is -2.39. The van der Waals surface area contributed by atoms with Gasteiger partial charge in [0.05, 0.1) is 30.9 Å². The number of likely N-dealkylation sites (tertiary alicyclic amines) is 1. The second kappa shape index (κ2) is 6.63. The molecule has 0 bridgehead atoms. The molecule has 0 radical (unpaired) electrons. The number of piperazine rings is 1. The fourth-order valence-corrected chi connectivity index (χ4v) is 5.94. The van der Waals surface area contributed by atoms with Crippen molar-refractivity contribution in [2.24, 2.45) is 5.92 Å². The monoisotopic (exact) mass is 403 g/mol. The third kappa shape index (κ3) is 2.46. The van der Waals surface area contributed by atoms with Gasteiger partial charge in [-0.2, -0.15) is 0 Å². The Morgan fingerprint density at radius 3 is 2.76 bits per heavy atom. The van der Waals surface area contributed by atoms with E-state index in [1.165, 1.54) is 6.42 Å². The van der Waals surface area contributed by atoms with Crippen LogP contribution in [0.1, 0.15) is 26.2 Å². The fourth-order valence-electron chi connectivity index (χ4n) is 5.94. The van der Waals surface area contributed by atoms with Gasteiger partial charge in [0, 0.05) is 36.9 Å². The van der Waals surface area contributed by atoms with Gasteiger partial charge in [-0.1, -0.05) is 0 Å². The largest absolute Gasteiger partial charge is 0.489 e. The number of carbonyl (C=O) groups excluding carboxylic acids is 2. The van der Waals surface area contributed by atoms with Gasteiger partial charge < -0.3 is 29.7 Å². The predicted molar refractivity (Wildman–Crippen MR) is 104 cm³/mol. The minimum absolute atomic E-state index is 0.0124. The number of aliphatic hydroxyl groups excluding tert-OH is 1. The molecular weight excluding hydrogens is 374 g/mol. The van der Waals surface area contributed by atoms with Gasteiger partial charge >= 0.3 is 0 Å². The summed E-state index contributed by atoms with van der Waals surface area (Å²) in [6, 6.07) is 0.696. The van der Waals surface area contributed by atoms with Crippen LogP contribution in [0, 0.1) is 5.92 Å². The van der Waals surface area contributed by atoms with Crippen molar-refractivity contribution in [1.29, 1.82) is 0 Å². The van der Waals surface area contributed by atoms with E-state index in [0.29, 0.717) is 36.0 Å². The number of carbonyl (C=O) groups is 2. The first-order valence-electron chi connectivity index (χ1n) is 10.5. The van der Waals surface area contributed by atoms with Crippen molar-refractivity contribution in [2.75, 3.05) is 40.5 Å². The van der Waals surface area contributed by atoms with Crippen LogP contribution in [-0.4, -0.2) is 90.8 Å². The van der Waals surface area contributed by atoms with Crippen LogP contribution in [0.3, 0.4) is 0 Å². The molecule has 5 atom stereocenters. The van der Waals surface area contributed by atoms with Crippen LogP contribution >= 0.6 is 0 Å². The number of fused-ring (bicyclic) bond motifs is 4. The Labute approximate surface area is 170 Å². The first kappa shape index (κ1) is 19.2. The molecule has 1 aliphatic carbocycles. The van der Waals surface area contributed by atoms with E-state index in [1.54, 1.807) is 14.0 Å². The van der Waals surface area contributed by atoms with Crippen molar-refractivity contribution in [1.82, 2.24) is 15.1 Å². The number of nitrogens with zero attached hydrogens (tertiary/aromatic N) is 2. The molecule has 8 nitrogen and oxygen atoms in total. The van der Waals surface area contributed by atoms with E-state index in [-0.39, 0.29) is 36.0 Å². The Kier molecular flexibility index (Phi) is 4.40. The zero-order valence-electron chi connectivity index (χ0n) is 17.2. The lowest BCUT2D eigenvalue weighted by Crippen LogP contribution is -2.54. The van der Waals surface area contributed by atoms with Crippen LogP contribution in [0.4, 0.5) is 0 Å². The van der Waals surface area contributed by atoms with Crippen LogP contribution in [-0.2, 0) is 19.1 Å². The molecule has 158 valence electrons. The molecule has 5 unspecified atom stereocenters. The van der Waals surface area contributed by atoms with Crippen LogP contribution < -0.4 is 5.32 Å². The van der Waals surface area contributed by atoms with Crippen molar-refractivity contribution >= 4 is 11.6 Å². The van der Waals surface area contributed by atoms with E-state index in [0.717, 1.165) is 19.4 Å². The van der Waals surface area contributed by atoms with Crippen LogP contribution in [0.2, 0.25) is 0 Å². The second-order valence-corrected chi connectivity index (χ2v) is 8.84. The molecular formula is C21H29N3O5.